The van der Waals surface area contributed by atoms with E-state index in [0.29, 0.717) is 12.6 Å². The normalized spacial score (nSPS) is 17.5. The lowest BCUT2D eigenvalue weighted by Gasteiger charge is -2.26. The molecule has 126 valence electrons. The van der Waals surface area contributed by atoms with E-state index in [1.807, 2.05) is 6.07 Å². The van der Waals surface area contributed by atoms with Crippen LogP contribution in [-0.4, -0.2) is 54.7 Å². The number of carbonyl (C=O) groups excluding carboxylic acids is 1. The van der Waals surface area contributed by atoms with Crippen LogP contribution in [0.2, 0.25) is 0 Å². The summed E-state index contributed by atoms with van der Waals surface area (Å²) in [5, 5.41) is 11.7. The summed E-state index contributed by atoms with van der Waals surface area (Å²) < 4.78 is 0. The van der Waals surface area contributed by atoms with Crippen molar-refractivity contribution in [1.29, 1.82) is 0 Å². The summed E-state index contributed by atoms with van der Waals surface area (Å²) in [4.78, 5) is 26.6. The minimum atomic E-state index is -0.896. The summed E-state index contributed by atoms with van der Waals surface area (Å²) in [6.45, 7) is 5.25. The molecule has 0 aliphatic carbocycles. The third-order valence-electron chi connectivity index (χ3n) is 4.29. The molecule has 2 unspecified atom stereocenters. The molecule has 0 fully saturated rings. The van der Waals surface area contributed by atoms with Gasteiger partial charge in [0, 0.05) is 38.4 Å². The summed E-state index contributed by atoms with van der Waals surface area (Å²) >= 11 is 0. The van der Waals surface area contributed by atoms with Crippen molar-refractivity contribution in [1.82, 2.24) is 10.2 Å². The van der Waals surface area contributed by atoms with E-state index in [4.69, 9.17) is 5.11 Å². The molecular formula is C17H25N3O3. The molecule has 0 saturated carbocycles. The number of anilines is 1. The van der Waals surface area contributed by atoms with Gasteiger partial charge in [-0.05, 0) is 25.0 Å². The van der Waals surface area contributed by atoms with Crippen LogP contribution in [0.25, 0.3) is 0 Å². The van der Waals surface area contributed by atoms with Gasteiger partial charge < -0.3 is 20.2 Å². The van der Waals surface area contributed by atoms with E-state index >= 15 is 0 Å². The lowest BCUT2D eigenvalue weighted by molar-refractivity contribution is -0.141. The number of nitrogens with zero attached hydrogens (tertiary/aromatic N) is 2. The van der Waals surface area contributed by atoms with Crippen molar-refractivity contribution in [2.24, 2.45) is 5.92 Å². The number of carbonyl (C=O) groups is 2. The molecule has 1 aliphatic rings. The number of rotatable bonds is 6. The highest BCUT2D eigenvalue weighted by Gasteiger charge is 2.25. The molecule has 23 heavy (non-hydrogen) atoms. The van der Waals surface area contributed by atoms with Gasteiger partial charge in [0.1, 0.15) is 0 Å². The molecule has 6 heteroatoms. The molecule has 1 aromatic carbocycles. The summed E-state index contributed by atoms with van der Waals surface area (Å²) in [7, 11) is 1.61. The number of carboxylic acid groups (broad SMARTS) is 1. The smallest absolute Gasteiger partial charge is 0.317 e. The molecule has 0 bridgehead atoms. The van der Waals surface area contributed by atoms with E-state index in [2.05, 4.69) is 35.3 Å². The first-order valence-electron chi connectivity index (χ1n) is 7.96. The van der Waals surface area contributed by atoms with Gasteiger partial charge in [0.2, 0.25) is 0 Å². The highest BCUT2D eigenvalue weighted by Crippen LogP contribution is 2.31. The van der Waals surface area contributed by atoms with E-state index < -0.39 is 11.9 Å². The van der Waals surface area contributed by atoms with Crippen LogP contribution in [0.4, 0.5) is 10.5 Å². The number of fused-ring (bicyclic) bond motifs is 1. The van der Waals surface area contributed by atoms with Crippen molar-refractivity contribution in [3.8, 4) is 0 Å². The summed E-state index contributed by atoms with van der Waals surface area (Å²) in [6, 6.07) is 8.53. The standard InChI is InChI=1S/C17H25N3O3/c1-12(16(21)22)11-19(3)17(23)18-8-9-20-13(2)10-14-6-4-5-7-15(14)20/h4-7,12-13H,8-11H2,1-3H3,(H,18,23)(H,21,22). The van der Waals surface area contributed by atoms with Crippen molar-refractivity contribution in [3.63, 3.8) is 0 Å². The number of para-hydroxylation sites is 1. The van der Waals surface area contributed by atoms with Gasteiger partial charge in [-0.15, -0.1) is 0 Å². The molecule has 6 nitrogen and oxygen atoms in total. The Bertz CT molecular complexity index is 576. The Hall–Kier alpha value is -2.24. The number of aliphatic carboxylic acids is 1. The van der Waals surface area contributed by atoms with Crippen molar-refractivity contribution in [2.75, 3.05) is 31.6 Å². The Labute approximate surface area is 137 Å². The van der Waals surface area contributed by atoms with Crippen LogP contribution in [-0.2, 0) is 11.2 Å². The second-order valence-corrected chi connectivity index (χ2v) is 6.23. The fraction of sp³-hybridized carbons (Fsp3) is 0.529. The van der Waals surface area contributed by atoms with E-state index in [9.17, 15) is 9.59 Å². The Morgan fingerprint density at radius 2 is 2.13 bits per heavy atom. The molecule has 1 aromatic rings. The predicted octanol–water partition coefficient (Wildman–Crippen LogP) is 1.80. The minimum Gasteiger partial charge on any atom is -0.481 e. The van der Waals surface area contributed by atoms with Crippen LogP contribution in [0.1, 0.15) is 19.4 Å². The zero-order valence-corrected chi connectivity index (χ0v) is 14.0. The van der Waals surface area contributed by atoms with Gasteiger partial charge in [-0.2, -0.15) is 0 Å². The number of hydrogen-bond acceptors (Lipinski definition) is 3. The van der Waals surface area contributed by atoms with Crippen molar-refractivity contribution in [3.05, 3.63) is 29.8 Å². The molecule has 2 N–H and O–H groups in total. The number of benzene rings is 1. The molecule has 0 radical (unpaired) electrons. The number of nitrogens with one attached hydrogen (secondary N) is 1. The van der Waals surface area contributed by atoms with Crippen LogP contribution < -0.4 is 10.2 Å². The third kappa shape index (κ3) is 4.15. The fourth-order valence-electron chi connectivity index (χ4n) is 2.96. The lowest BCUT2D eigenvalue weighted by atomic mass is 10.1. The highest BCUT2D eigenvalue weighted by atomic mass is 16.4. The van der Waals surface area contributed by atoms with Gasteiger partial charge in [0.15, 0.2) is 0 Å². The number of urea groups is 1. The molecule has 1 aliphatic heterocycles. The lowest BCUT2D eigenvalue weighted by Crippen LogP contribution is -2.44. The van der Waals surface area contributed by atoms with Crippen molar-refractivity contribution >= 4 is 17.7 Å². The van der Waals surface area contributed by atoms with Gasteiger partial charge in [-0.1, -0.05) is 25.1 Å². The Balaban J connectivity index is 1.81. The molecular weight excluding hydrogens is 294 g/mol. The maximum atomic E-state index is 12.0. The van der Waals surface area contributed by atoms with E-state index in [1.165, 1.54) is 16.2 Å². The van der Waals surface area contributed by atoms with Gasteiger partial charge in [0.25, 0.3) is 0 Å². The topological polar surface area (TPSA) is 72.9 Å². The quantitative estimate of drug-likeness (QED) is 0.838. The molecule has 0 spiro atoms. The second-order valence-electron chi connectivity index (χ2n) is 6.23. The van der Waals surface area contributed by atoms with E-state index in [0.717, 1.165) is 13.0 Å². The first kappa shape index (κ1) is 17.1. The van der Waals surface area contributed by atoms with Crippen molar-refractivity contribution in [2.45, 2.75) is 26.3 Å². The Morgan fingerprint density at radius 3 is 2.83 bits per heavy atom. The van der Waals surface area contributed by atoms with Gasteiger partial charge in [0.05, 0.1) is 5.92 Å². The van der Waals surface area contributed by atoms with Crippen molar-refractivity contribution < 1.29 is 14.7 Å². The van der Waals surface area contributed by atoms with Crippen LogP contribution in [0.5, 0.6) is 0 Å². The summed E-state index contributed by atoms with van der Waals surface area (Å²) in [5.74, 6) is -1.47. The average Bonchev–Trinajstić information content (AvgIpc) is 2.82. The first-order chi connectivity index (χ1) is 10.9. The zero-order valence-electron chi connectivity index (χ0n) is 14.0. The molecule has 0 saturated heterocycles. The molecule has 0 aromatic heterocycles. The number of carboxylic acids is 1. The highest BCUT2D eigenvalue weighted by molar-refractivity contribution is 5.75. The SMILES string of the molecule is CC(CN(C)C(=O)NCCN1c2ccccc2CC1C)C(=O)O. The second kappa shape index (κ2) is 7.35. The van der Waals surface area contributed by atoms with E-state index in [1.54, 1.807) is 14.0 Å². The molecule has 2 rings (SSSR count). The zero-order chi connectivity index (χ0) is 17.0. The molecule has 1 heterocycles. The summed E-state index contributed by atoms with van der Waals surface area (Å²) in [6.07, 6.45) is 1.03. The van der Waals surface area contributed by atoms with Crippen LogP contribution in [0, 0.1) is 5.92 Å². The molecule has 2 amide bonds. The Kier molecular flexibility index (Phi) is 5.47. The number of hydrogen-bond donors (Lipinski definition) is 2. The molecule has 2 atom stereocenters. The van der Waals surface area contributed by atoms with Crippen LogP contribution in [0.3, 0.4) is 0 Å². The van der Waals surface area contributed by atoms with Gasteiger partial charge in [-0.25, -0.2) is 4.79 Å². The number of amides is 2. The van der Waals surface area contributed by atoms with Gasteiger partial charge in [-0.3, -0.25) is 4.79 Å². The monoisotopic (exact) mass is 319 g/mol. The van der Waals surface area contributed by atoms with Crippen LogP contribution in [0.15, 0.2) is 24.3 Å². The van der Waals surface area contributed by atoms with Gasteiger partial charge >= 0.3 is 12.0 Å². The fourth-order valence-corrected chi connectivity index (χ4v) is 2.96. The largest absolute Gasteiger partial charge is 0.481 e. The summed E-state index contributed by atoms with van der Waals surface area (Å²) in [5.41, 5.74) is 2.58. The maximum absolute atomic E-state index is 12.0. The minimum absolute atomic E-state index is 0.199. The van der Waals surface area contributed by atoms with E-state index in [-0.39, 0.29) is 12.6 Å². The van der Waals surface area contributed by atoms with Crippen LogP contribution >= 0.6 is 0 Å². The maximum Gasteiger partial charge on any atom is 0.317 e. The average molecular weight is 319 g/mol. The Morgan fingerprint density at radius 1 is 1.43 bits per heavy atom. The third-order valence-corrected chi connectivity index (χ3v) is 4.29. The predicted molar refractivity (Wildman–Crippen MR) is 89.8 cm³/mol. The first-order valence-corrected chi connectivity index (χ1v) is 7.96.